The molecule has 1 aliphatic carbocycles. The Morgan fingerprint density at radius 2 is 1.84 bits per heavy atom. The van der Waals surface area contributed by atoms with Crippen molar-refractivity contribution in [1.82, 2.24) is 14.5 Å². The third-order valence-corrected chi connectivity index (χ3v) is 8.52. The standard InChI is InChI=1S/C27H32FN5O4S/c1-31-26(34)16-24(22-12-13-29-17-23(22)28)30-27(31)32-14-15-37-25(18-32)19-8-10-21(11-9-19)33(38(2,35)36)20-6-4-3-5-7-20/h8-13,16-17,20,25H,3-7,14-15,18H2,1-2H3/t25-/m1/s1. The Labute approximate surface area is 222 Å². The number of sulfonamides is 1. The zero-order chi connectivity index (χ0) is 26.9. The molecule has 1 saturated heterocycles. The Balaban J connectivity index is 1.39. The van der Waals surface area contributed by atoms with E-state index < -0.39 is 15.8 Å². The number of benzene rings is 1. The predicted octanol–water partition coefficient (Wildman–Crippen LogP) is 3.66. The molecular formula is C27H32FN5O4S. The summed E-state index contributed by atoms with van der Waals surface area (Å²) in [5, 5.41) is 0. The maximum atomic E-state index is 14.4. The summed E-state index contributed by atoms with van der Waals surface area (Å²) in [6.07, 6.45) is 8.46. The number of hydrogen-bond donors (Lipinski definition) is 0. The first-order valence-corrected chi connectivity index (χ1v) is 14.7. The minimum absolute atomic E-state index is 0.0177. The summed E-state index contributed by atoms with van der Waals surface area (Å²) in [6.45, 7) is 1.36. The van der Waals surface area contributed by atoms with E-state index in [9.17, 15) is 17.6 Å². The van der Waals surface area contributed by atoms with Crippen LogP contribution in [0.1, 0.15) is 43.8 Å². The molecule has 0 bridgehead atoms. The zero-order valence-corrected chi connectivity index (χ0v) is 22.4. The molecule has 2 aliphatic rings. The summed E-state index contributed by atoms with van der Waals surface area (Å²) in [4.78, 5) is 23.1. The first-order valence-electron chi connectivity index (χ1n) is 12.9. The highest BCUT2D eigenvalue weighted by molar-refractivity contribution is 7.92. The van der Waals surface area contributed by atoms with Crippen LogP contribution in [0.2, 0.25) is 0 Å². The van der Waals surface area contributed by atoms with Crippen LogP contribution in [-0.2, 0) is 21.8 Å². The van der Waals surface area contributed by atoms with Gasteiger partial charge in [-0.2, -0.15) is 0 Å². The molecule has 9 nitrogen and oxygen atoms in total. The van der Waals surface area contributed by atoms with Gasteiger partial charge in [0.25, 0.3) is 5.56 Å². The van der Waals surface area contributed by atoms with Crippen molar-refractivity contribution in [1.29, 1.82) is 0 Å². The molecule has 3 aromatic rings. The highest BCUT2D eigenvalue weighted by atomic mass is 32.2. The van der Waals surface area contributed by atoms with Crippen LogP contribution < -0.4 is 14.8 Å². The van der Waals surface area contributed by atoms with Gasteiger partial charge in [0, 0.05) is 37.5 Å². The molecule has 0 spiro atoms. The van der Waals surface area contributed by atoms with Crippen molar-refractivity contribution in [3.8, 4) is 11.3 Å². The van der Waals surface area contributed by atoms with E-state index in [2.05, 4.69) is 9.97 Å². The lowest BCUT2D eigenvalue weighted by Gasteiger charge is -2.36. The summed E-state index contributed by atoms with van der Waals surface area (Å²) < 4.78 is 48.7. The number of pyridine rings is 1. The molecular weight excluding hydrogens is 509 g/mol. The van der Waals surface area contributed by atoms with Gasteiger partial charge < -0.3 is 9.64 Å². The Hall–Kier alpha value is -3.31. The van der Waals surface area contributed by atoms with E-state index >= 15 is 0 Å². The topological polar surface area (TPSA) is 97.6 Å². The number of hydrogen-bond acceptors (Lipinski definition) is 7. The van der Waals surface area contributed by atoms with Crippen molar-refractivity contribution >= 4 is 21.7 Å². The average molecular weight is 542 g/mol. The van der Waals surface area contributed by atoms with Crippen LogP contribution in [-0.4, -0.2) is 54.9 Å². The van der Waals surface area contributed by atoms with Gasteiger partial charge in [0.2, 0.25) is 16.0 Å². The Morgan fingerprint density at radius 3 is 2.53 bits per heavy atom. The first kappa shape index (κ1) is 26.3. The number of halogens is 1. The van der Waals surface area contributed by atoms with Gasteiger partial charge in [0.05, 0.1) is 37.0 Å². The lowest BCUT2D eigenvalue weighted by Crippen LogP contribution is -2.42. The van der Waals surface area contributed by atoms with E-state index in [1.54, 1.807) is 11.4 Å². The second-order valence-corrected chi connectivity index (χ2v) is 11.8. The van der Waals surface area contributed by atoms with Gasteiger partial charge in [-0.05, 0) is 36.6 Å². The maximum absolute atomic E-state index is 14.4. The van der Waals surface area contributed by atoms with Crippen molar-refractivity contribution in [3.05, 3.63) is 70.5 Å². The van der Waals surface area contributed by atoms with Crippen LogP contribution in [0.15, 0.2) is 53.6 Å². The number of ether oxygens (including phenoxy) is 1. The summed E-state index contributed by atoms with van der Waals surface area (Å²) in [6, 6.07) is 10.3. The fourth-order valence-electron chi connectivity index (χ4n) is 5.39. The van der Waals surface area contributed by atoms with Gasteiger partial charge in [-0.25, -0.2) is 17.8 Å². The molecule has 38 heavy (non-hydrogen) atoms. The third kappa shape index (κ3) is 5.44. The van der Waals surface area contributed by atoms with E-state index in [1.807, 2.05) is 29.2 Å². The largest absolute Gasteiger partial charge is 0.370 e. The van der Waals surface area contributed by atoms with Gasteiger partial charge in [-0.15, -0.1) is 0 Å². The highest BCUT2D eigenvalue weighted by Gasteiger charge is 2.30. The Morgan fingerprint density at radius 1 is 1.11 bits per heavy atom. The molecule has 0 radical (unpaired) electrons. The molecule has 1 aliphatic heterocycles. The fourth-order valence-corrected chi connectivity index (χ4v) is 6.65. The lowest BCUT2D eigenvalue weighted by atomic mass is 9.95. The summed E-state index contributed by atoms with van der Waals surface area (Å²) in [5.41, 5.74) is 1.73. The summed E-state index contributed by atoms with van der Waals surface area (Å²) >= 11 is 0. The second-order valence-electron chi connectivity index (χ2n) is 9.94. The van der Waals surface area contributed by atoms with Crippen LogP contribution in [0.4, 0.5) is 16.0 Å². The molecule has 1 atom stereocenters. The number of aromatic nitrogens is 3. The molecule has 202 valence electrons. The van der Waals surface area contributed by atoms with Crippen molar-refractivity contribution in [2.75, 3.05) is 35.2 Å². The Bertz CT molecular complexity index is 1460. The number of morpholine rings is 1. The van der Waals surface area contributed by atoms with E-state index in [1.165, 1.54) is 29.2 Å². The van der Waals surface area contributed by atoms with E-state index in [0.29, 0.717) is 31.3 Å². The van der Waals surface area contributed by atoms with Crippen LogP contribution in [0.25, 0.3) is 11.3 Å². The van der Waals surface area contributed by atoms with E-state index in [4.69, 9.17) is 4.74 Å². The average Bonchev–Trinajstić information content (AvgIpc) is 2.91. The minimum Gasteiger partial charge on any atom is -0.370 e. The van der Waals surface area contributed by atoms with Crippen molar-refractivity contribution in [2.45, 2.75) is 44.2 Å². The quantitative estimate of drug-likeness (QED) is 0.470. The van der Waals surface area contributed by atoms with E-state index in [-0.39, 0.29) is 29.0 Å². The van der Waals surface area contributed by atoms with Gasteiger partial charge in [0.1, 0.15) is 6.10 Å². The minimum atomic E-state index is -3.42. The molecule has 0 N–H and O–H groups in total. The molecule has 3 heterocycles. The fraction of sp³-hybridized carbons (Fsp3) is 0.444. The van der Waals surface area contributed by atoms with Crippen molar-refractivity contribution in [3.63, 3.8) is 0 Å². The van der Waals surface area contributed by atoms with Crippen molar-refractivity contribution in [2.24, 2.45) is 7.05 Å². The molecule has 5 rings (SSSR count). The van der Waals surface area contributed by atoms with Crippen LogP contribution in [0, 0.1) is 5.82 Å². The van der Waals surface area contributed by atoms with Crippen molar-refractivity contribution < 1.29 is 17.5 Å². The molecule has 1 saturated carbocycles. The molecule has 0 unspecified atom stereocenters. The third-order valence-electron chi connectivity index (χ3n) is 7.29. The smallest absolute Gasteiger partial charge is 0.255 e. The number of nitrogens with zero attached hydrogens (tertiary/aromatic N) is 5. The van der Waals surface area contributed by atoms with Gasteiger partial charge in [0.15, 0.2) is 5.82 Å². The maximum Gasteiger partial charge on any atom is 0.255 e. The second kappa shape index (κ2) is 10.8. The molecule has 2 fully saturated rings. The normalized spacial score (nSPS) is 18.9. The van der Waals surface area contributed by atoms with Gasteiger partial charge in [-0.1, -0.05) is 31.4 Å². The molecule has 11 heteroatoms. The molecule has 0 amide bonds. The molecule has 1 aromatic carbocycles. The molecule has 2 aromatic heterocycles. The lowest BCUT2D eigenvalue weighted by molar-refractivity contribution is 0.0390. The highest BCUT2D eigenvalue weighted by Crippen LogP contribution is 2.32. The monoisotopic (exact) mass is 541 g/mol. The number of rotatable bonds is 6. The summed E-state index contributed by atoms with van der Waals surface area (Å²) in [7, 11) is -1.78. The van der Waals surface area contributed by atoms with Crippen LogP contribution in [0.5, 0.6) is 0 Å². The Kier molecular flexibility index (Phi) is 7.49. The summed E-state index contributed by atoms with van der Waals surface area (Å²) in [5.74, 6) is -0.121. The van der Waals surface area contributed by atoms with Crippen LogP contribution in [0.3, 0.4) is 0 Å². The SMILES string of the molecule is Cn1c(N2CCO[C@@H](c3ccc(N(C4CCCCC4)S(C)(=O)=O)cc3)C2)nc(-c2ccncc2F)cc1=O. The van der Waals surface area contributed by atoms with Crippen LogP contribution >= 0.6 is 0 Å². The van der Waals surface area contributed by atoms with Gasteiger partial charge in [-0.3, -0.25) is 18.7 Å². The zero-order valence-electron chi connectivity index (χ0n) is 21.6. The predicted molar refractivity (Wildman–Crippen MR) is 144 cm³/mol. The first-order chi connectivity index (χ1) is 18.2. The number of anilines is 2. The van der Waals surface area contributed by atoms with E-state index in [0.717, 1.165) is 43.9 Å². The van der Waals surface area contributed by atoms with Gasteiger partial charge >= 0.3 is 0 Å².